The molecule has 0 aliphatic heterocycles. The Morgan fingerprint density at radius 1 is 0.358 bits per heavy atom. The fourth-order valence-electron chi connectivity index (χ4n) is 9.75. The molecule has 0 bridgehead atoms. The monoisotopic (exact) mass is 874 g/mol. The SMILES string of the molecule is C1=CC(c2ccc(N(c3ccccc3)c3ccc(-c4ccc(N(c5ccc(-c6ccc7sc8ccccc8c7c6)cc5)c5cccc6ccccc56)cc4)cc3)cc2)CC=C1c1ccccc1. The molecule has 0 fully saturated rings. The van der Waals surface area contributed by atoms with E-state index in [1.807, 2.05) is 11.3 Å². The number of rotatable bonds is 10. The molecular formula is C64H46N2S. The molecule has 3 heteroatoms. The van der Waals surface area contributed by atoms with Crippen molar-refractivity contribution < 1.29 is 0 Å². The van der Waals surface area contributed by atoms with E-state index in [-0.39, 0.29) is 0 Å². The molecule has 318 valence electrons. The topological polar surface area (TPSA) is 6.48 Å². The van der Waals surface area contributed by atoms with Gasteiger partial charge in [-0.2, -0.15) is 0 Å². The van der Waals surface area contributed by atoms with Crippen LogP contribution in [0.15, 0.2) is 261 Å². The zero-order valence-corrected chi connectivity index (χ0v) is 37.7. The van der Waals surface area contributed by atoms with E-state index in [4.69, 9.17) is 0 Å². The van der Waals surface area contributed by atoms with E-state index in [2.05, 4.69) is 271 Å². The van der Waals surface area contributed by atoms with Crippen LogP contribution in [0.1, 0.15) is 23.5 Å². The summed E-state index contributed by atoms with van der Waals surface area (Å²) in [4.78, 5) is 4.73. The van der Waals surface area contributed by atoms with Crippen LogP contribution in [0.5, 0.6) is 0 Å². The van der Waals surface area contributed by atoms with Gasteiger partial charge >= 0.3 is 0 Å². The van der Waals surface area contributed by atoms with Gasteiger partial charge in [-0.1, -0.05) is 176 Å². The van der Waals surface area contributed by atoms with Crippen molar-refractivity contribution in [2.24, 2.45) is 0 Å². The van der Waals surface area contributed by atoms with Gasteiger partial charge in [0.15, 0.2) is 0 Å². The summed E-state index contributed by atoms with van der Waals surface area (Å²) in [7, 11) is 0. The predicted octanol–water partition coefficient (Wildman–Crippen LogP) is 18.6. The molecule has 0 N–H and O–H groups in total. The Bertz CT molecular complexity index is 3570. The summed E-state index contributed by atoms with van der Waals surface area (Å²) < 4.78 is 2.65. The number of nitrogens with zero attached hydrogens (tertiary/aromatic N) is 2. The van der Waals surface area contributed by atoms with Crippen molar-refractivity contribution in [1.29, 1.82) is 0 Å². The second-order valence-electron chi connectivity index (χ2n) is 17.3. The molecule has 1 heterocycles. The molecule has 0 radical (unpaired) electrons. The zero-order valence-electron chi connectivity index (χ0n) is 36.9. The van der Waals surface area contributed by atoms with Crippen molar-refractivity contribution >= 4 is 82.0 Å². The molecule has 0 saturated heterocycles. The molecule has 0 spiro atoms. The second-order valence-corrected chi connectivity index (χ2v) is 18.4. The molecule has 1 aromatic heterocycles. The summed E-state index contributed by atoms with van der Waals surface area (Å²) in [6.07, 6.45) is 7.99. The smallest absolute Gasteiger partial charge is 0.0540 e. The quantitative estimate of drug-likeness (QED) is 0.135. The van der Waals surface area contributed by atoms with Gasteiger partial charge in [0.05, 0.1) is 5.69 Å². The standard InChI is InChI=1S/C64H46N2S/c1-3-12-45(13-4-1)46-22-24-47(25-23-46)48-26-35-55(36-27-48)65(54-16-5-2-6-17-54)56-37-28-49(29-38-56)50-30-39-57(40-31-50)66(62-20-11-15-52-14-7-8-18-59(52)62)58-41-32-51(33-42-58)53-34-43-64-61(44-53)60-19-9-10-21-63(60)67-64/h1-24,26-44,47H,25H2. The first-order valence-electron chi connectivity index (χ1n) is 23.1. The minimum Gasteiger partial charge on any atom is -0.311 e. The fraction of sp³-hybridized carbons (Fsp3) is 0.0312. The van der Waals surface area contributed by atoms with Crippen molar-refractivity contribution in [2.75, 3.05) is 9.80 Å². The fourth-order valence-corrected chi connectivity index (χ4v) is 10.8. The van der Waals surface area contributed by atoms with Crippen molar-refractivity contribution in [3.8, 4) is 22.3 Å². The van der Waals surface area contributed by atoms with Gasteiger partial charge in [0.2, 0.25) is 0 Å². The molecule has 11 aromatic rings. The zero-order chi connectivity index (χ0) is 44.5. The first kappa shape index (κ1) is 40.3. The van der Waals surface area contributed by atoms with E-state index in [1.54, 1.807) is 0 Å². The average molecular weight is 875 g/mol. The Morgan fingerprint density at radius 3 is 1.52 bits per heavy atom. The Hall–Kier alpha value is -8.24. The summed E-state index contributed by atoms with van der Waals surface area (Å²) in [5.74, 6) is 0.358. The lowest BCUT2D eigenvalue weighted by Gasteiger charge is -2.27. The van der Waals surface area contributed by atoms with E-state index < -0.39 is 0 Å². The van der Waals surface area contributed by atoms with Gasteiger partial charge in [-0.3, -0.25) is 0 Å². The number of hydrogen-bond acceptors (Lipinski definition) is 3. The van der Waals surface area contributed by atoms with Crippen LogP contribution in [0.4, 0.5) is 34.1 Å². The summed E-state index contributed by atoms with van der Waals surface area (Å²) >= 11 is 1.86. The van der Waals surface area contributed by atoms with Gasteiger partial charge in [0, 0.05) is 59.9 Å². The first-order chi connectivity index (χ1) is 33.2. The van der Waals surface area contributed by atoms with E-state index in [1.165, 1.54) is 69.9 Å². The van der Waals surface area contributed by atoms with E-state index in [9.17, 15) is 0 Å². The van der Waals surface area contributed by atoms with Gasteiger partial charge in [0.25, 0.3) is 0 Å². The van der Waals surface area contributed by atoms with Gasteiger partial charge in [0.1, 0.15) is 0 Å². The molecule has 0 saturated carbocycles. The Balaban J connectivity index is 0.828. The van der Waals surface area contributed by atoms with Crippen LogP contribution >= 0.6 is 11.3 Å². The molecule has 67 heavy (non-hydrogen) atoms. The number of fused-ring (bicyclic) bond motifs is 4. The van der Waals surface area contributed by atoms with Crippen molar-refractivity contribution in [3.05, 3.63) is 272 Å². The summed E-state index contributed by atoms with van der Waals surface area (Å²) in [6, 6.07) is 88.3. The van der Waals surface area contributed by atoms with Gasteiger partial charge in [-0.25, -0.2) is 0 Å². The second kappa shape index (κ2) is 17.6. The molecule has 1 atom stereocenters. The lowest BCUT2D eigenvalue weighted by molar-refractivity contribution is 0.856. The number of hydrogen-bond donors (Lipinski definition) is 0. The van der Waals surface area contributed by atoms with Crippen LogP contribution in [0.25, 0.3) is 58.8 Å². The molecular weight excluding hydrogens is 829 g/mol. The normalized spacial score (nSPS) is 13.5. The average Bonchev–Trinajstić information content (AvgIpc) is 3.78. The third-order valence-corrected chi connectivity index (χ3v) is 14.4. The van der Waals surface area contributed by atoms with Crippen LogP contribution in [-0.4, -0.2) is 0 Å². The predicted molar refractivity (Wildman–Crippen MR) is 288 cm³/mol. The largest absolute Gasteiger partial charge is 0.311 e. The van der Waals surface area contributed by atoms with E-state index >= 15 is 0 Å². The van der Waals surface area contributed by atoms with Crippen molar-refractivity contribution in [3.63, 3.8) is 0 Å². The number of para-hydroxylation sites is 1. The number of anilines is 6. The number of allylic oxidation sites excluding steroid dienone is 4. The van der Waals surface area contributed by atoms with Crippen LogP contribution in [0.3, 0.4) is 0 Å². The van der Waals surface area contributed by atoms with Gasteiger partial charge in [-0.05, 0) is 136 Å². The Labute approximate surface area is 396 Å². The molecule has 12 rings (SSSR count). The molecule has 1 unspecified atom stereocenters. The van der Waals surface area contributed by atoms with Crippen molar-refractivity contribution in [2.45, 2.75) is 12.3 Å². The van der Waals surface area contributed by atoms with E-state index in [0.29, 0.717) is 5.92 Å². The third-order valence-electron chi connectivity index (χ3n) is 13.2. The van der Waals surface area contributed by atoms with Crippen LogP contribution < -0.4 is 9.80 Å². The Morgan fingerprint density at radius 2 is 0.866 bits per heavy atom. The molecule has 1 aliphatic rings. The van der Waals surface area contributed by atoms with Crippen LogP contribution in [0.2, 0.25) is 0 Å². The third kappa shape index (κ3) is 7.90. The summed E-state index contributed by atoms with van der Waals surface area (Å²) in [5, 5.41) is 5.06. The summed E-state index contributed by atoms with van der Waals surface area (Å²) in [6.45, 7) is 0. The minimum atomic E-state index is 0.358. The van der Waals surface area contributed by atoms with Crippen molar-refractivity contribution in [1.82, 2.24) is 0 Å². The maximum absolute atomic E-state index is 2.39. The van der Waals surface area contributed by atoms with E-state index in [0.717, 1.165) is 40.5 Å². The highest BCUT2D eigenvalue weighted by Crippen LogP contribution is 2.43. The van der Waals surface area contributed by atoms with Crippen LogP contribution in [0, 0.1) is 0 Å². The highest BCUT2D eigenvalue weighted by molar-refractivity contribution is 7.25. The number of benzene rings is 10. The number of thiophene rings is 1. The highest BCUT2D eigenvalue weighted by Gasteiger charge is 2.19. The minimum absolute atomic E-state index is 0.358. The Kier molecular flexibility index (Phi) is 10.6. The van der Waals surface area contributed by atoms with Gasteiger partial charge in [-0.15, -0.1) is 11.3 Å². The maximum Gasteiger partial charge on any atom is 0.0540 e. The summed E-state index contributed by atoms with van der Waals surface area (Å²) in [5.41, 5.74) is 15.4. The highest BCUT2D eigenvalue weighted by atomic mass is 32.1. The molecule has 2 nitrogen and oxygen atoms in total. The first-order valence-corrected chi connectivity index (χ1v) is 23.9. The lowest BCUT2D eigenvalue weighted by atomic mass is 9.88. The molecule has 0 amide bonds. The van der Waals surface area contributed by atoms with Crippen LogP contribution in [-0.2, 0) is 0 Å². The van der Waals surface area contributed by atoms with Gasteiger partial charge < -0.3 is 9.80 Å². The maximum atomic E-state index is 2.39. The molecule has 1 aliphatic carbocycles. The lowest BCUT2D eigenvalue weighted by Crippen LogP contribution is -2.10. The molecule has 10 aromatic carbocycles.